The van der Waals surface area contributed by atoms with Gasteiger partial charge >= 0.3 is 0 Å². The first-order valence-electron chi connectivity index (χ1n) is 8.75. The number of fused-ring (bicyclic) bond motifs is 2. The molecule has 2 aromatic rings. The van der Waals surface area contributed by atoms with Gasteiger partial charge in [-0.3, -0.25) is 0 Å². The van der Waals surface area contributed by atoms with Crippen molar-refractivity contribution in [1.82, 2.24) is 0 Å². The van der Waals surface area contributed by atoms with Crippen LogP contribution in [-0.2, 0) is 0 Å². The van der Waals surface area contributed by atoms with E-state index in [1.165, 1.54) is 12.8 Å². The highest BCUT2D eigenvalue weighted by Crippen LogP contribution is 2.47. The maximum absolute atomic E-state index is 2.37. The zero-order chi connectivity index (χ0) is 15.7. The van der Waals surface area contributed by atoms with Crippen molar-refractivity contribution in [3.8, 4) is 0 Å². The molecular formula is C22H28. The van der Waals surface area contributed by atoms with Crippen LogP contribution in [0.5, 0.6) is 0 Å². The Labute approximate surface area is 135 Å². The normalized spacial score (nSPS) is 20.1. The number of hydrogen-bond acceptors (Lipinski definition) is 0. The average Bonchev–Trinajstić information content (AvgIpc) is 2.50. The molecule has 2 aromatic carbocycles. The lowest BCUT2D eigenvalue weighted by molar-refractivity contribution is 0.495. The molecule has 0 spiro atoms. The van der Waals surface area contributed by atoms with Crippen molar-refractivity contribution in [3.63, 3.8) is 0 Å². The standard InChI is InChI=1S/C22H28/c1-15(2)13-21-17-9-5-7-11-19(17)22(14-16(3)4)20-12-8-6-10-18(20)21/h5-12,15-16,21-22H,13-14H2,1-4H3. The Balaban J connectivity index is 2.14. The van der Waals surface area contributed by atoms with Crippen LogP contribution in [0.15, 0.2) is 48.5 Å². The van der Waals surface area contributed by atoms with Crippen LogP contribution in [-0.4, -0.2) is 0 Å². The molecule has 0 aliphatic heterocycles. The third kappa shape index (κ3) is 2.84. The molecule has 0 bridgehead atoms. The summed E-state index contributed by atoms with van der Waals surface area (Å²) in [5, 5.41) is 0. The summed E-state index contributed by atoms with van der Waals surface area (Å²) in [6.07, 6.45) is 2.48. The lowest BCUT2D eigenvalue weighted by Crippen LogP contribution is -2.20. The van der Waals surface area contributed by atoms with Gasteiger partial charge in [0.15, 0.2) is 0 Å². The van der Waals surface area contributed by atoms with Crippen molar-refractivity contribution in [3.05, 3.63) is 70.8 Å². The minimum absolute atomic E-state index is 0.566. The van der Waals surface area contributed by atoms with Crippen LogP contribution in [0.1, 0.15) is 74.6 Å². The highest BCUT2D eigenvalue weighted by molar-refractivity contribution is 5.52. The fourth-order valence-electron chi connectivity index (χ4n) is 4.08. The molecule has 0 nitrogen and oxygen atoms in total. The molecular weight excluding hydrogens is 264 g/mol. The number of rotatable bonds is 4. The van der Waals surface area contributed by atoms with Gasteiger partial charge in [0, 0.05) is 11.8 Å². The van der Waals surface area contributed by atoms with Gasteiger partial charge < -0.3 is 0 Å². The molecule has 0 amide bonds. The largest absolute Gasteiger partial charge is 0.0627 e. The monoisotopic (exact) mass is 292 g/mol. The van der Waals surface area contributed by atoms with Crippen molar-refractivity contribution in [2.24, 2.45) is 11.8 Å². The SMILES string of the molecule is CC(C)CC1c2ccccc2C(CC(C)C)c2ccccc21. The van der Waals surface area contributed by atoms with Crippen LogP contribution in [0.25, 0.3) is 0 Å². The van der Waals surface area contributed by atoms with Crippen molar-refractivity contribution in [1.29, 1.82) is 0 Å². The van der Waals surface area contributed by atoms with E-state index in [2.05, 4.69) is 76.2 Å². The highest BCUT2D eigenvalue weighted by Gasteiger charge is 2.32. The molecule has 0 atom stereocenters. The first kappa shape index (κ1) is 15.3. The second-order valence-electron chi connectivity index (χ2n) is 7.62. The third-order valence-electron chi connectivity index (χ3n) is 4.91. The van der Waals surface area contributed by atoms with Gasteiger partial charge in [-0.25, -0.2) is 0 Å². The molecule has 3 rings (SSSR count). The zero-order valence-corrected chi connectivity index (χ0v) is 14.3. The molecule has 0 N–H and O–H groups in total. The van der Waals surface area contributed by atoms with Gasteiger partial charge in [-0.1, -0.05) is 76.2 Å². The van der Waals surface area contributed by atoms with Gasteiger partial charge in [0.25, 0.3) is 0 Å². The summed E-state index contributed by atoms with van der Waals surface area (Å²) in [5.74, 6) is 2.56. The predicted octanol–water partition coefficient (Wildman–Crippen LogP) is 6.36. The van der Waals surface area contributed by atoms with Crippen LogP contribution in [0, 0.1) is 11.8 Å². The summed E-state index contributed by atoms with van der Waals surface area (Å²) < 4.78 is 0. The van der Waals surface area contributed by atoms with Gasteiger partial charge in [0.1, 0.15) is 0 Å². The second-order valence-corrected chi connectivity index (χ2v) is 7.62. The van der Waals surface area contributed by atoms with E-state index < -0.39 is 0 Å². The van der Waals surface area contributed by atoms with E-state index in [9.17, 15) is 0 Å². The maximum atomic E-state index is 2.37. The number of hydrogen-bond donors (Lipinski definition) is 0. The highest BCUT2D eigenvalue weighted by atomic mass is 14.4. The predicted molar refractivity (Wildman–Crippen MR) is 95.5 cm³/mol. The Hall–Kier alpha value is -1.56. The van der Waals surface area contributed by atoms with Crippen LogP contribution in [0.4, 0.5) is 0 Å². The smallest absolute Gasteiger partial charge is 0.00976 e. The number of benzene rings is 2. The second kappa shape index (κ2) is 6.28. The molecule has 0 heterocycles. The average molecular weight is 292 g/mol. The Morgan fingerprint density at radius 1 is 0.591 bits per heavy atom. The first-order chi connectivity index (χ1) is 10.6. The molecule has 0 saturated carbocycles. The quantitative estimate of drug-likeness (QED) is 0.615. The van der Waals surface area contributed by atoms with E-state index in [0.29, 0.717) is 23.7 Å². The summed E-state index contributed by atoms with van der Waals surface area (Å²) in [6.45, 7) is 9.35. The first-order valence-corrected chi connectivity index (χ1v) is 8.75. The molecule has 116 valence electrons. The van der Waals surface area contributed by atoms with Crippen molar-refractivity contribution >= 4 is 0 Å². The van der Waals surface area contributed by atoms with Crippen LogP contribution in [0.2, 0.25) is 0 Å². The molecule has 1 aliphatic rings. The fourth-order valence-corrected chi connectivity index (χ4v) is 4.08. The topological polar surface area (TPSA) is 0 Å². The summed E-state index contributed by atoms with van der Waals surface area (Å²) in [7, 11) is 0. The van der Waals surface area contributed by atoms with Crippen LogP contribution >= 0.6 is 0 Å². The molecule has 0 fully saturated rings. The zero-order valence-electron chi connectivity index (χ0n) is 14.3. The van der Waals surface area contributed by atoms with Crippen molar-refractivity contribution in [2.45, 2.75) is 52.4 Å². The molecule has 0 unspecified atom stereocenters. The Kier molecular flexibility index (Phi) is 4.38. The Morgan fingerprint density at radius 3 is 1.09 bits per heavy atom. The summed E-state index contributed by atoms with van der Waals surface area (Å²) >= 11 is 0. The molecule has 1 aliphatic carbocycles. The Bertz CT molecular complexity index is 532. The molecule has 0 saturated heterocycles. The summed E-state index contributed by atoms with van der Waals surface area (Å²) in [5.41, 5.74) is 6.28. The van der Waals surface area contributed by atoms with E-state index in [4.69, 9.17) is 0 Å². The molecule has 22 heavy (non-hydrogen) atoms. The van der Waals surface area contributed by atoms with Crippen molar-refractivity contribution < 1.29 is 0 Å². The third-order valence-corrected chi connectivity index (χ3v) is 4.91. The van der Waals surface area contributed by atoms with Crippen molar-refractivity contribution in [2.75, 3.05) is 0 Å². The van der Waals surface area contributed by atoms with Gasteiger partial charge in [-0.05, 0) is 46.9 Å². The van der Waals surface area contributed by atoms with E-state index in [0.717, 1.165) is 0 Å². The van der Waals surface area contributed by atoms with E-state index in [1.807, 2.05) is 0 Å². The molecule has 0 radical (unpaired) electrons. The lowest BCUT2D eigenvalue weighted by Gasteiger charge is -2.36. The van der Waals surface area contributed by atoms with Gasteiger partial charge in [0.05, 0.1) is 0 Å². The summed E-state index contributed by atoms with van der Waals surface area (Å²) in [4.78, 5) is 0. The summed E-state index contributed by atoms with van der Waals surface area (Å²) in [6, 6.07) is 18.3. The van der Waals surface area contributed by atoms with E-state index >= 15 is 0 Å². The van der Waals surface area contributed by atoms with Gasteiger partial charge in [-0.15, -0.1) is 0 Å². The Morgan fingerprint density at radius 2 is 0.864 bits per heavy atom. The van der Waals surface area contributed by atoms with E-state index in [-0.39, 0.29) is 0 Å². The van der Waals surface area contributed by atoms with E-state index in [1.54, 1.807) is 22.3 Å². The maximum Gasteiger partial charge on any atom is 0.00976 e. The van der Waals surface area contributed by atoms with Crippen LogP contribution < -0.4 is 0 Å². The van der Waals surface area contributed by atoms with Gasteiger partial charge in [0.2, 0.25) is 0 Å². The molecule has 0 aromatic heterocycles. The lowest BCUT2D eigenvalue weighted by atomic mass is 9.68. The minimum Gasteiger partial charge on any atom is -0.0627 e. The molecule has 0 heteroatoms. The minimum atomic E-state index is 0.566. The fraction of sp³-hybridized carbons (Fsp3) is 0.455. The van der Waals surface area contributed by atoms with Crippen LogP contribution in [0.3, 0.4) is 0 Å². The van der Waals surface area contributed by atoms with Gasteiger partial charge in [-0.2, -0.15) is 0 Å².